The summed E-state index contributed by atoms with van der Waals surface area (Å²) in [5, 5.41) is 8.95. The first-order valence-electron chi connectivity index (χ1n) is 2.78. The highest BCUT2D eigenvalue weighted by Gasteiger charge is 2.29. The Bertz CT molecular complexity index is 139. The molecule has 3 nitrogen and oxygen atoms in total. The summed E-state index contributed by atoms with van der Waals surface area (Å²) in [6.07, 6.45) is 0.143. The molecule has 3 heteroatoms. The third kappa shape index (κ3) is 0.876. The summed E-state index contributed by atoms with van der Waals surface area (Å²) in [5.74, 6) is 1.32. The Labute approximate surface area is 53.9 Å². The van der Waals surface area contributed by atoms with E-state index >= 15 is 0 Å². The van der Waals surface area contributed by atoms with Gasteiger partial charge in [0, 0.05) is 6.42 Å². The van der Waals surface area contributed by atoms with E-state index in [4.69, 9.17) is 14.6 Å². The lowest BCUT2D eigenvalue weighted by molar-refractivity contribution is 0.0533. The Hall–Kier alpha value is -0.700. The van der Waals surface area contributed by atoms with Gasteiger partial charge >= 0.3 is 0 Å². The average Bonchev–Trinajstić information content (AvgIpc) is 1.83. The lowest BCUT2D eigenvalue weighted by Gasteiger charge is -2.26. The molecule has 0 fully saturated rings. The number of hydrogen-bond donors (Lipinski definition) is 1. The van der Waals surface area contributed by atoms with Crippen molar-refractivity contribution in [3.8, 4) is 0 Å². The molecule has 1 atom stereocenters. The van der Waals surface area contributed by atoms with Crippen LogP contribution in [0.25, 0.3) is 0 Å². The van der Waals surface area contributed by atoms with Crippen molar-refractivity contribution in [1.82, 2.24) is 0 Å². The lowest BCUT2D eigenvalue weighted by Crippen LogP contribution is -2.25. The van der Waals surface area contributed by atoms with Crippen LogP contribution in [-0.4, -0.2) is 25.4 Å². The first-order chi connectivity index (χ1) is 4.29. The van der Waals surface area contributed by atoms with E-state index in [9.17, 15) is 0 Å². The second kappa shape index (κ2) is 2.27. The van der Waals surface area contributed by atoms with E-state index < -0.39 is 6.10 Å². The number of methoxy groups -OCH3 is 2. The Morgan fingerprint density at radius 2 is 2.11 bits per heavy atom. The fraction of sp³-hybridized carbons (Fsp3) is 0.667. The number of aliphatic hydroxyl groups excluding tert-OH is 1. The molecule has 1 rings (SSSR count). The molecule has 1 aliphatic carbocycles. The fourth-order valence-electron chi connectivity index (χ4n) is 0.857. The summed E-state index contributed by atoms with van der Waals surface area (Å²) in [4.78, 5) is 0. The van der Waals surface area contributed by atoms with Gasteiger partial charge in [-0.1, -0.05) is 0 Å². The summed E-state index contributed by atoms with van der Waals surface area (Å²) < 4.78 is 9.66. The van der Waals surface area contributed by atoms with Gasteiger partial charge in [-0.25, -0.2) is 0 Å². The van der Waals surface area contributed by atoms with Crippen LogP contribution in [0.2, 0.25) is 0 Å². The van der Waals surface area contributed by atoms with Gasteiger partial charge in [0.2, 0.25) is 0 Å². The van der Waals surface area contributed by atoms with E-state index in [0.29, 0.717) is 12.2 Å². The third-order valence-electron chi connectivity index (χ3n) is 1.42. The molecule has 0 radical (unpaired) electrons. The highest BCUT2D eigenvalue weighted by atomic mass is 16.5. The van der Waals surface area contributed by atoms with E-state index in [2.05, 4.69) is 0 Å². The third-order valence-corrected chi connectivity index (χ3v) is 1.42. The van der Waals surface area contributed by atoms with Crippen molar-refractivity contribution < 1.29 is 14.6 Å². The zero-order valence-electron chi connectivity index (χ0n) is 5.55. The van der Waals surface area contributed by atoms with E-state index in [1.54, 1.807) is 7.11 Å². The largest absolute Gasteiger partial charge is 0.497 e. The van der Waals surface area contributed by atoms with Crippen molar-refractivity contribution >= 4 is 0 Å². The standard InChI is InChI=1S/C6H10O3/c1-8-5-3-4(7)6(5)9-2/h4,7H,3H2,1-2H3. The molecule has 0 bridgehead atoms. The second-order valence-corrected chi connectivity index (χ2v) is 1.92. The quantitative estimate of drug-likeness (QED) is 0.582. The zero-order chi connectivity index (χ0) is 6.85. The Morgan fingerprint density at radius 3 is 2.33 bits per heavy atom. The van der Waals surface area contributed by atoms with Crippen LogP contribution < -0.4 is 0 Å². The predicted molar refractivity (Wildman–Crippen MR) is 31.7 cm³/mol. The van der Waals surface area contributed by atoms with Crippen molar-refractivity contribution in [2.45, 2.75) is 12.5 Å². The molecule has 52 valence electrons. The highest BCUT2D eigenvalue weighted by molar-refractivity contribution is 5.19. The van der Waals surface area contributed by atoms with Crippen LogP contribution in [0.5, 0.6) is 0 Å². The smallest absolute Gasteiger partial charge is 0.162 e. The van der Waals surface area contributed by atoms with Crippen molar-refractivity contribution in [2.75, 3.05) is 14.2 Å². The first kappa shape index (κ1) is 6.42. The number of hydrogen-bond acceptors (Lipinski definition) is 3. The molecule has 0 spiro atoms. The molecule has 0 saturated heterocycles. The van der Waals surface area contributed by atoms with Gasteiger partial charge in [-0.3, -0.25) is 0 Å². The molecule has 0 saturated carbocycles. The minimum absolute atomic E-state index is 0.440. The molecule has 0 heterocycles. The fourth-order valence-corrected chi connectivity index (χ4v) is 0.857. The zero-order valence-corrected chi connectivity index (χ0v) is 5.55. The maximum Gasteiger partial charge on any atom is 0.162 e. The van der Waals surface area contributed by atoms with E-state index in [-0.39, 0.29) is 0 Å². The van der Waals surface area contributed by atoms with Crippen LogP contribution in [0, 0.1) is 0 Å². The summed E-state index contributed by atoms with van der Waals surface area (Å²) >= 11 is 0. The van der Waals surface area contributed by atoms with Crippen molar-refractivity contribution in [3.05, 3.63) is 11.5 Å². The van der Waals surface area contributed by atoms with Gasteiger partial charge in [-0.15, -0.1) is 0 Å². The monoisotopic (exact) mass is 130 g/mol. The number of ether oxygens (including phenoxy) is 2. The predicted octanol–water partition coefficient (Wildman–Crippen LogP) is 0.255. The Balaban J connectivity index is 2.59. The molecule has 0 aliphatic heterocycles. The van der Waals surface area contributed by atoms with Crippen molar-refractivity contribution in [3.63, 3.8) is 0 Å². The Kier molecular flexibility index (Phi) is 1.62. The van der Waals surface area contributed by atoms with Gasteiger partial charge in [0.15, 0.2) is 5.76 Å². The molecule has 0 aromatic heterocycles. The molecule has 0 amide bonds. The van der Waals surface area contributed by atoms with Gasteiger partial charge in [0.05, 0.1) is 14.2 Å². The summed E-state index contributed by atoms with van der Waals surface area (Å²) in [6, 6.07) is 0. The van der Waals surface area contributed by atoms with E-state index in [1.165, 1.54) is 7.11 Å². The van der Waals surface area contributed by atoms with Crippen molar-refractivity contribution in [1.29, 1.82) is 0 Å². The second-order valence-electron chi connectivity index (χ2n) is 1.92. The number of aliphatic hydroxyl groups is 1. The molecular formula is C6H10O3. The summed E-state index contributed by atoms with van der Waals surface area (Å²) in [5.41, 5.74) is 0. The molecule has 9 heavy (non-hydrogen) atoms. The van der Waals surface area contributed by atoms with Crippen LogP contribution in [0.3, 0.4) is 0 Å². The van der Waals surface area contributed by atoms with Gasteiger partial charge in [-0.2, -0.15) is 0 Å². The minimum atomic E-state index is -0.440. The Morgan fingerprint density at radius 1 is 1.44 bits per heavy atom. The van der Waals surface area contributed by atoms with Crippen LogP contribution in [0.1, 0.15) is 6.42 Å². The van der Waals surface area contributed by atoms with Gasteiger partial charge in [-0.05, 0) is 0 Å². The van der Waals surface area contributed by atoms with Crippen LogP contribution >= 0.6 is 0 Å². The normalized spacial score (nSPS) is 25.4. The van der Waals surface area contributed by atoms with E-state index in [1.807, 2.05) is 0 Å². The molecule has 1 N–H and O–H groups in total. The first-order valence-corrected chi connectivity index (χ1v) is 2.78. The maximum atomic E-state index is 8.95. The van der Waals surface area contributed by atoms with Crippen LogP contribution in [-0.2, 0) is 9.47 Å². The maximum absolute atomic E-state index is 8.95. The molecule has 0 aromatic rings. The molecular weight excluding hydrogens is 120 g/mol. The SMILES string of the molecule is COC1=C(OC)C(O)C1. The number of rotatable bonds is 2. The minimum Gasteiger partial charge on any atom is -0.497 e. The molecule has 1 aliphatic rings. The lowest BCUT2D eigenvalue weighted by atomic mass is 10.0. The summed E-state index contributed by atoms with van der Waals surface area (Å²) in [7, 11) is 3.09. The van der Waals surface area contributed by atoms with Crippen molar-refractivity contribution in [2.24, 2.45) is 0 Å². The topological polar surface area (TPSA) is 38.7 Å². The van der Waals surface area contributed by atoms with Crippen LogP contribution in [0.15, 0.2) is 11.5 Å². The molecule has 1 unspecified atom stereocenters. The van der Waals surface area contributed by atoms with Gasteiger partial charge < -0.3 is 14.6 Å². The average molecular weight is 130 g/mol. The molecule has 0 aromatic carbocycles. The van der Waals surface area contributed by atoms with E-state index in [0.717, 1.165) is 5.76 Å². The van der Waals surface area contributed by atoms with Gasteiger partial charge in [0.25, 0.3) is 0 Å². The highest BCUT2D eigenvalue weighted by Crippen LogP contribution is 2.28. The summed E-state index contributed by atoms with van der Waals surface area (Å²) in [6.45, 7) is 0. The van der Waals surface area contributed by atoms with Gasteiger partial charge in [0.1, 0.15) is 11.9 Å². The van der Waals surface area contributed by atoms with Crippen LogP contribution in [0.4, 0.5) is 0 Å².